The molecule has 3 aliphatic rings. The van der Waals surface area contributed by atoms with Crippen LogP contribution in [0.3, 0.4) is 0 Å². The predicted octanol–water partition coefficient (Wildman–Crippen LogP) is 0.197. The molecule has 0 saturated carbocycles. The third-order valence-corrected chi connectivity index (χ3v) is 7.13. The van der Waals surface area contributed by atoms with Crippen LogP contribution in [0.25, 0.3) is 0 Å². The summed E-state index contributed by atoms with van der Waals surface area (Å²) < 4.78 is 5.63. The zero-order valence-corrected chi connectivity index (χ0v) is 21.0. The number of amides is 3. The lowest BCUT2D eigenvalue weighted by molar-refractivity contribution is -0.384. The number of ether oxygens (including phenoxy) is 1. The minimum Gasteiger partial charge on any atom is -0.489 e. The number of carboxylic acid groups (broad SMARTS) is 1. The van der Waals surface area contributed by atoms with Crippen LogP contribution in [0, 0.1) is 10.1 Å². The molecular formula is C23H19N7O9S. The number of thiazole rings is 1. The van der Waals surface area contributed by atoms with Crippen LogP contribution in [0.15, 0.2) is 57.9 Å². The number of rotatable bonds is 7. The number of aliphatic carboxylic acids is 1. The number of allylic oxidation sites excluding steroid dienone is 1. The van der Waals surface area contributed by atoms with Crippen LogP contribution >= 0.6 is 11.3 Å². The Morgan fingerprint density at radius 1 is 1.35 bits per heavy atom. The Hall–Kier alpha value is -5.32. The van der Waals surface area contributed by atoms with Crippen LogP contribution in [-0.2, 0) is 23.9 Å². The van der Waals surface area contributed by atoms with Crippen molar-refractivity contribution in [2.75, 3.05) is 23.8 Å². The number of benzene rings is 1. The monoisotopic (exact) mass is 569 g/mol. The van der Waals surface area contributed by atoms with E-state index in [1.165, 1.54) is 34.6 Å². The standard InChI is InChI=1S/C23H19N7O9S/c24-23-25-13(9-40-23)16(27-36)19(31)26-17-14-8-39-15(18(22(34)35)29(14)21(17)33)6-10-4-5-28(20(10)32)11-2-1-3-12(7-11)30(37)38/h1-3,6-7,9,14,17,36H,4-5,8H2,(H2,24,25)(H,26,31)(H,34,35)/b10-6+,27-16-/t14-,17+/m1/s1. The van der Waals surface area contributed by atoms with Crippen LogP contribution in [0.1, 0.15) is 12.1 Å². The van der Waals surface area contributed by atoms with Gasteiger partial charge >= 0.3 is 5.97 Å². The largest absolute Gasteiger partial charge is 0.489 e. The van der Waals surface area contributed by atoms with Crippen molar-refractivity contribution in [2.45, 2.75) is 18.5 Å². The summed E-state index contributed by atoms with van der Waals surface area (Å²) in [6, 6.07) is 3.48. The number of fused-ring (bicyclic) bond motifs is 1. The maximum Gasteiger partial charge on any atom is 0.356 e. The van der Waals surface area contributed by atoms with E-state index in [0.29, 0.717) is 5.69 Å². The number of anilines is 2. The summed E-state index contributed by atoms with van der Waals surface area (Å²) in [6.07, 6.45) is 1.43. The van der Waals surface area contributed by atoms with Gasteiger partial charge in [0.2, 0.25) is 0 Å². The van der Waals surface area contributed by atoms with Crippen molar-refractivity contribution in [3.63, 3.8) is 0 Å². The molecule has 2 fully saturated rings. The maximum atomic E-state index is 13.0. The number of non-ortho nitro benzene ring substituents is 1. The number of hydrogen-bond acceptors (Lipinski definition) is 12. The number of nitrogens with two attached hydrogens (primary N) is 1. The second-order valence-corrected chi connectivity index (χ2v) is 9.62. The highest BCUT2D eigenvalue weighted by atomic mass is 32.1. The van der Waals surface area contributed by atoms with E-state index in [1.54, 1.807) is 6.07 Å². The van der Waals surface area contributed by atoms with Crippen LogP contribution in [0.2, 0.25) is 0 Å². The van der Waals surface area contributed by atoms with Gasteiger partial charge in [-0.15, -0.1) is 11.3 Å². The van der Waals surface area contributed by atoms with Crippen molar-refractivity contribution in [1.29, 1.82) is 0 Å². The second kappa shape index (κ2) is 10.1. The molecule has 1 aromatic carbocycles. The normalized spacial score (nSPS) is 21.7. The Morgan fingerprint density at radius 3 is 2.77 bits per heavy atom. The van der Waals surface area contributed by atoms with Crippen LogP contribution in [-0.4, -0.2) is 79.8 Å². The van der Waals surface area contributed by atoms with E-state index >= 15 is 0 Å². The molecule has 0 radical (unpaired) electrons. The van der Waals surface area contributed by atoms with Gasteiger partial charge in [-0.3, -0.25) is 29.4 Å². The van der Waals surface area contributed by atoms with Crippen molar-refractivity contribution in [3.05, 3.63) is 68.6 Å². The summed E-state index contributed by atoms with van der Waals surface area (Å²) >= 11 is 1.01. The molecule has 206 valence electrons. The third kappa shape index (κ3) is 4.47. The first-order chi connectivity index (χ1) is 19.1. The fourth-order valence-corrected chi connectivity index (χ4v) is 5.12. The highest BCUT2D eigenvalue weighted by Gasteiger charge is 2.55. The quantitative estimate of drug-likeness (QED) is 0.0878. The second-order valence-electron chi connectivity index (χ2n) is 8.73. The summed E-state index contributed by atoms with van der Waals surface area (Å²) in [7, 11) is 0. The topological polar surface area (TPSA) is 231 Å². The van der Waals surface area contributed by atoms with Crippen molar-refractivity contribution in [1.82, 2.24) is 15.2 Å². The Balaban J connectivity index is 1.35. The number of nitro benzene ring substituents is 1. The lowest BCUT2D eigenvalue weighted by Crippen LogP contribution is -2.73. The molecule has 2 saturated heterocycles. The molecule has 3 aliphatic heterocycles. The van der Waals surface area contributed by atoms with E-state index in [4.69, 9.17) is 10.5 Å². The van der Waals surface area contributed by atoms with Crippen molar-refractivity contribution in [2.24, 2.45) is 5.16 Å². The van der Waals surface area contributed by atoms with E-state index in [9.17, 15) is 39.6 Å². The number of carbonyl (C=O) groups is 4. The minimum absolute atomic E-state index is 0.00793. The number of carbonyl (C=O) groups excluding carboxylic acids is 3. The average molecular weight is 570 g/mol. The lowest BCUT2D eigenvalue weighted by atomic mass is 9.92. The number of aromatic nitrogens is 1. The number of carboxylic acids is 1. The Bertz CT molecular complexity index is 1560. The Kier molecular flexibility index (Phi) is 6.64. The van der Waals surface area contributed by atoms with Crippen molar-refractivity contribution in [3.8, 4) is 0 Å². The molecule has 5 N–H and O–H groups in total. The van der Waals surface area contributed by atoms with Gasteiger partial charge in [-0.2, -0.15) is 0 Å². The van der Waals surface area contributed by atoms with Gasteiger partial charge in [-0.05, 0) is 18.6 Å². The fourth-order valence-electron chi connectivity index (χ4n) is 4.58. The lowest BCUT2D eigenvalue weighted by Gasteiger charge is -2.49. The van der Waals surface area contributed by atoms with Crippen molar-refractivity contribution < 1.29 is 39.2 Å². The fraction of sp³-hybridized carbons (Fsp3) is 0.217. The van der Waals surface area contributed by atoms with E-state index in [0.717, 1.165) is 16.2 Å². The molecule has 40 heavy (non-hydrogen) atoms. The zero-order chi connectivity index (χ0) is 28.7. The number of nitro groups is 1. The molecule has 0 unspecified atom stereocenters. The smallest absolute Gasteiger partial charge is 0.356 e. The van der Waals surface area contributed by atoms with E-state index in [1.807, 2.05) is 0 Å². The molecule has 2 atom stereocenters. The SMILES string of the molecule is Nc1nc(/C(=N/O)C(=O)N[C@@H]2C(=O)N3C(C(=O)O)=C(/C=C4\CCN(c5cccc([N+](=O)[O-])c5)C4=O)OC[C@H]23)cs1. The number of nitrogens with zero attached hydrogens (tertiary/aromatic N) is 5. The molecule has 0 bridgehead atoms. The summed E-state index contributed by atoms with van der Waals surface area (Å²) in [5.74, 6) is -3.90. The first-order valence-corrected chi connectivity index (χ1v) is 12.4. The van der Waals surface area contributed by atoms with Gasteiger partial charge in [0.25, 0.3) is 23.4 Å². The van der Waals surface area contributed by atoms with Gasteiger partial charge < -0.3 is 31.0 Å². The van der Waals surface area contributed by atoms with E-state index < -0.39 is 52.1 Å². The molecule has 4 heterocycles. The van der Waals surface area contributed by atoms with Gasteiger partial charge in [0.05, 0.1) is 10.6 Å². The number of hydrogen-bond donors (Lipinski definition) is 4. The average Bonchev–Trinajstić information content (AvgIpc) is 3.52. The number of β-lactam (4-membered cyclic amide) rings is 1. The highest BCUT2D eigenvalue weighted by molar-refractivity contribution is 7.13. The van der Waals surface area contributed by atoms with E-state index in [2.05, 4.69) is 15.5 Å². The molecular weight excluding hydrogens is 550 g/mol. The van der Waals surface area contributed by atoms with Gasteiger partial charge in [0.15, 0.2) is 22.3 Å². The van der Waals surface area contributed by atoms with Crippen LogP contribution in [0.4, 0.5) is 16.5 Å². The first-order valence-electron chi connectivity index (χ1n) is 11.5. The third-order valence-electron chi connectivity index (χ3n) is 6.45. The zero-order valence-electron chi connectivity index (χ0n) is 20.2. The summed E-state index contributed by atoms with van der Waals surface area (Å²) in [6.45, 7) is -0.00904. The number of nitrogen functional groups attached to an aromatic ring is 1. The first kappa shape index (κ1) is 26.3. The van der Waals surface area contributed by atoms with E-state index in [-0.39, 0.29) is 47.4 Å². The highest BCUT2D eigenvalue weighted by Crippen LogP contribution is 2.35. The maximum absolute atomic E-state index is 13.0. The molecule has 2 aromatic rings. The molecule has 1 aromatic heterocycles. The molecule has 5 rings (SSSR count). The summed E-state index contributed by atoms with van der Waals surface area (Å²) in [5.41, 5.74) is 4.85. The molecule has 3 amide bonds. The van der Waals surface area contributed by atoms with Gasteiger partial charge in [-0.1, -0.05) is 11.2 Å². The van der Waals surface area contributed by atoms with Gasteiger partial charge in [-0.25, -0.2) is 9.78 Å². The van der Waals surface area contributed by atoms with Crippen LogP contribution < -0.4 is 16.0 Å². The molecule has 16 nitrogen and oxygen atoms in total. The molecule has 0 spiro atoms. The number of nitrogens with one attached hydrogen (secondary N) is 1. The molecule has 17 heteroatoms. The van der Waals surface area contributed by atoms with Crippen molar-refractivity contribution >= 4 is 57.2 Å². The Morgan fingerprint density at radius 2 is 2.12 bits per heavy atom. The summed E-state index contributed by atoms with van der Waals surface area (Å²) in [5, 5.41) is 37.1. The van der Waals surface area contributed by atoms with Crippen LogP contribution in [0.5, 0.6) is 0 Å². The predicted molar refractivity (Wildman–Crippen MR) is 136 cm³/mol. The van der Waals surface area contributed by atoms with Gasteiger partial charge in [0, 0.05) is 29.6 Å². The number of oxime groups is 1. The summed E-state index contributed by atoms with van der Waals surface area (Å²) in [4.78, 5) is 67.4. The molecule has 0 aliphatic carbocycles. The van der Waals surface area contributed by atoms with Gasteiger partial charge in [0.1, 0.15) is 24.4 Å². The minimum atomic E-state index is -1.49. The Labute approximate surface area is 227 Å².